The SMILES string of the molecule is O=C(NCc1ccc(CN2CCCC2)cc1)c1ccc(C2SCC(=O)N2Cc2ccc(Cl)cc2)cc1. The van der Waals surface area contributed by atoms with Crippen molar-refractivity contribution >= 4 is 35.2 Å². The number of hydrogen-bond donors (Lipinski definition) is 1. The molecule has 2 aliphatic rings. The summed E-state index contributed by atoms with van der Waals surface area (Å²) in [6, 6.07) is 23.7. The lowest BCUT2D eigenvalue weighted by Crippen LogP contribution is -2.27. The predicted octanol–water partition coefficient (Wildman–Crippen LogP) is 5.64. The highest BCUT2D eigenvalue weighted by Gasteiger charge is 2.32. The highest BCUT2D eigenvalue weighted by Crippen LogP contribution is 2.39. The van der Waals surface area contributed by atoms with Crippen molar-refractivity contribution < 1.29 is 9.59 Å². The zero-order chi connectivity index (χ0) is 24.9. The van der Waals surface area contributed by atoms with Gasteiger partial charge in [0.05, 0.1) is 5.75 Å². The zero-order valence-corrected chi connectivity index (χ0v) is 21.7. The van der Waals surface area contributed by atoms with Gasteiger partial charge in [0.2, 0.25) is 5.91 Å². The molecule has 5 nitrogen and oxygen atoms in total. The van der Waals surface area contributed by atoms with Gasteiger partial charge in [-0.1, -0.05) is 60.1 Å². The van der Waals surface area contributed by atoms with E-state index in [0.29, 0.717) is 29.4 Å². The van der Waals surface area contributed by atoms with E-state index in [9.17, 15) is 9.59 Å². The Labute approximate surface area is 221 Å². The van der Waals surface area contributed by atoms with Crippen LogP contribution in [-0.2, 0) is 24.4 Å². The molecule has 2 heterocycles. The lowest BCUT2D eigenvalue weighted by Gasteiger charge is -2.24. The minimum Gasteiger partial charge on any atom is -0.348 e. The highest BCUT2D eigenvalue weighted by atomic mass is 35.5. The predicted molar refractivity (Wildman–Crippen MR) is 146 cm³/mol. The highest BCUT2D eigenvalue weighted by molar-refractivity contribution is 8.00. The van der Waals surface area contributed by atoms with E-state index in [2.05, 4.69) is 34.5 Å². The van der Waals surface area contributed by atoms with Gasteiger partial charge in [0, 0.05) is 30.2 Å². The number of likely N-dealkylation sites (tertiary alicyclic amines) is 1. The van der Waals surface area contributed by atoms with Gasteiger partial charge in [-0.3, -0.25) is 14.5 Å². The van der Waals surface area contributed by atoms with Crippen molar-refractivity contribution in [1.29, 1.82) is 0 Å². The van der Waals surface area contributed by atoms with E-state index in [1.54, 1.807) is 11.8 Å². The van der Waals surface area contributed by atoms with E-state index in [-0.39, 0.29) is 17.2 Å². The summed E-state index contributed by atoms with van der Waals surface area (Å²) >= 11 is 7.61. The molecule has 3 aromatic carbocycles. The molecule has 7 heteroatoms. The van der Waals surface area contributed by atoms with Crippen LogP contribution in [0, 0.1) is 0 Å². The van der Waals surface area contributed by atoms with Crippen molar-refractivity contribution in [1.82, 2.24) is 15.1 Å². The molecule has 0 spiro atoms. The molecule has 1 atom stereocenters. The second-order valence-corrected chi connectivity index (χ2v) is 10.9. The van der Waals surface area contributed by atoms with Crippen molar-refractivity contribution in [2.75, 3.05) is 18.8 Å². The molecule has 2 amide bonds. The first-order valence-corrected chi connectivity index (χ1v) is 13.8. The fourth-order valence-corrected chi connectivity index (χ4v) is 6.05. The number of benzene rings is 3. The molecule has 0 bridgehead atoms. The third kappa shape index (κ3) is 6.12. The Hall–Kier alpha value is -2.80. The van der Waals surface area contributed by atoms with Crippen LogP contribution in [0.25, 0.3) is 0 Å². The van der Waals surface area contributed by atoms with E-state index in [4.69, 9.17) is 11.6 Å². The van der Waals surface area contributed by atoms with Crippen LogP contribution < -0.4 is 5.32 Å². The number of nitrogens with one attached hydrogen (secondary N) is 1. The normalized spacial score (nSPS) is 18.1. The van der Waals surface area contributed by atoms with E-state index in [1.807, 2.05) is 53.4 Å². The first kappa shape index (κ1) is 24.9. The Kier molecular flexibility index (Phi) is 7.95. The van der Waals surface area contributed by atoms with E-state index in [0.717, 1.165) is 23.2 Å². The summed E-state index contributed by atoms with van der Waals surface area (Å²) in [6.45, 7) is 4.40. The number of halogens is 1. The first-order chi connectivity index (χ1) is 17.5. The van der Waals surface area contributed by atoms with Gasteiger partial charge in [-0.25, -0.2) is 0 Å². The number of nitrogens with zero attached hydrogens (tertiary/aromatic N) is 2. The molecule has 0 aliphatic carbocycles. The summed E-state index contributed by atoms with van der Waals surface area (Å²) in [5, 5.41) is 3.64. The molecule has 5 rings (SSSR count). The summed E-state index contributed by atoms with van der Waals surface area (Å²) in [5.74, 6) is 0.473. The number of rotatable bonds is 8. The average Bonchev–Trinajstić information content (AvgIpc) is 3.55. The van der Waals surface area contributed by atoms with Gasteiger partial charge in [-0.05, 0) is 72.5 Å². The minimum atomic E-state index is -0.101. The quantitative estimate of drug-likeness (QED) is 0.418. The third-order valence-corrected chi connectivity index (χ3v) is 8.28. The third-order valence-electron chi connectivity index (χ3n) is 6.77. The molecule has 36 heavy (non-hydrogen) atoms. The van der Waals surface area contributed by atoms with E-state index < -0.39 is 0 Å². The van der Waals surface area contributed by atoms with E-state index in [1.165, 1.54) is 31.5 Å². The van der Waals surface area contributed by atoms with Crippen molar-refractivity contribution in [2.45, 2.75) is 37.8 Å². The standard InChI is InChI=1S/C29H30ClN3O2S/c30-26-13-7-23(8-14-26)19-33-27(34)20-36-29(33)25-11-9-24(10-12-25)28(35)31-17-21-3-5-22(6-4-21)18-32-15-1-2-16-32/h3-14,29H,1-2,15-20H2,(H,31,35). The van der Waals surface area contributed by atoms with Crippen LogP contribution >= 0.6 is 23.4 Å². The summed E-state index contributed by atoms with van der Waals surface area (Å²) in [7, 11) is 0. The molecular weight excluding hydrogens is 490 g/mol. The molecule has 2 aliphatic heterocycles. The van der Waals surface area contributed by atoms with Gasteiger partial charge in [0.25, 0.3) is 5.91 Å². The lowest BCUT2D eigenvalue weighted by molar-refractivity contribution is -0.128. The van der Waals surface area contributed by atoms with Crippen LogP contribution in [0.2, 0.25) is 5.02 Å². The lowest BCUT2D eigenvalue weighted by atomic mass is 10.1. The van der Waals surface area contributed by atoms with Gasteiger partial charge in [0.15, 0.2) is 0 Å². The molecule has 1 N–H and O–H groups in total. The van der Waals surface area contributed by atoms with Crippen LogP contribution in [0.1, 0.15) is 50.8 Å². The molecule has 186 valence electrons. The van der Waals surface area contributed by atoms with Gasteiger partial charge >= 0.3 is 0 Å². The smallest absolute Gasteiger partial charge is 0.251 e. The summed E-state index contributed by atoms with van der Waals surface area (Å²) in [6.07, 6.45) is 2.59. The zero-order valence-electron chi connectivity index (χ0n) is 20.2. The maximum absolute atomic E-state index is 12.7. The number of carbonyl (C=O) groups is 2. The largest absolute Gasteiger partial charge is 0.348 e. The molecule has 1 unspecified atom stereocenters. The van der Waals surface area contributed by atoms with Crippen molar-refractivity contribution in [2.24, 2.45) is 0 Å². The monoisotopic (exact) mass is 519 g/mol. The molecule has 0 saturated carbocycles. The van der Waals surface area contributed by atoms with Gasteiger partial charge < -0.3 is 10.2 Å². The number of hydrogen-bond acceptors (Lipinski definition) is 4. The van der Waals surface area contributed by atoms with Crippen LogP contribution in [0.4, 0.5) is 0 Å². The number of carbonyl (C=O) groups excluding carboxylic acids is 2. The minimum absolute atomic E-state index is 0.0654. The van der Waals surface area contributed by atoms with Crippen LogP contribution in [0.3, 0.4) is 0 Å². The number of thioether (sulfide) groups is 1. The summed E-state index contributed by atoms with van der Waals surface area (Å²) in [4.78, 5) is 29.6. The average molecular weight is 520 g/mol. The molecule has 0 radical (unpaired) electrons. The van der Waals surface area contributed by atoms with Crippen molar-refractivity contribution in [3.05, 3.63) is 106 Å². The second-order valence-electron chi connectivity index (χ2n) is 9.42. The summed E-state index contributed by atoms with van der Waals surface area (Å²) < 4.78 is 0. The molecule has 2 saturated heterocycles. The Morgan fingerprint density at radius 1 is 0.861 bits per heavy atom. The number of amides is 2. The fraction of sp³-hybridized carbons (Fsp3) is 0.310. The fourth-order valence-electron chi connectivity index (χ4n) is 4.73. The van der Waals surface area contributed by atoms with Crippen LogP contribution in [-0.4, -0.2) is 40.5 Å². The Balaban J connectivity index is 1.16. The maximum Gasteiger partial charge on any atom is 0.251 e. The Morgan fingerprint density at radius 2 is 1.47 bits per heavy atom. The molecular formula is C29H30ClN3O2S. The maximum atomic E-state index is 12.7. The van der Waals surface area contributed by atoms with Gasteiger partial charge in [-0.2, -0.15) is 0 Å². The topological polar surface area (TPSA) is 52.7 Å². The van der Waals surface area contributed by atoms with Crippen LogP contribution in [0.5, 0.6) is 0 Å². The van der Waals surface area contributed by atoms with Gasteiger partial charge in [-0.15, -0.1) is 11.8 Å². The molecule has 3 aromatic rings. The van der Waals surface area contributed by atoms with Crippen LogP contribution in [0.15, 0.2) is 72.8 Å². The second kappa shape index (κ2) is 11.5. The van der Waals surface area contributed by atoms with Crippen molar-refractivity contribution in [3.8, 4) is 0 Å². The van der Waals surface area contributed by atoms with Crippen molar-refractivity contribution in [3.63, 3.8) is 0 Å². The van der Waals surface area contributed by atoms with E-state index >= 15 is 0 Å². The molecule has 2 fully saturated rings. The Bertz CT molecular complexity index is 1190. The molecule has 0 aromatic heterocycles. The first-order valence-electron chi connectivity index (χ1n) is 12.4. The Morgan fingerprint density at radius 3 is 2.17 bits per heavy atom. The summed E-state index contributed by atoms with van der Waals surface area (Å²) in [5.41, 5.74) is 5.08. The van der Waals surface area contributed by atoms with Gasteiger partial charge in [0.1, 0.15) is 5.37 Å².